The zero-order valence-corrected chi connectivity index (χ0v) is 23.9. The van der Waals surface area contributed by atoms with E-state index in [0.717, 1.165) is 37.4 Å². The molecule has 8 nitrogen and oxygen atoms in total. The van der Waals surface area contributed by atoms with E-state index < -0.39 is 6.04 Å². The predicted octanol–water partition coefficient (Wildman–Crippen LogP) is 4.86. The maximum absolute atomic E-state index is 14.0. The SMILES string of the molecule is COc1ccc([C@@H]2C(C(=O)Nc3ccccc3)=C(C)N=c3s/c(=C\c4ccc(N5CCCCCC5)o4)c(=O)n32)cc1. The second kappa shape index (κ2) is 11.6. The highest BCUT2D eigenvalue weighted by Gasteiger charge is 2.32. The van der Waals surface area contributed by atoms with Crippen LogP contribution >= 0.6 is 11.3 Å². The summed E-state index contributed by atoms with van der Waals surface area (Å²) in [6, 6.07) is 19.9. The minimum Gasteiger partial charge on any atom is -0.497 e. The third-order valence-corrected chi connectivity index (χ3v) is 8.52. The number of ether oxygens (including phenoxy) is 1. The van der Waals surface area contributed by atoms with Crippen molar-refractivity contribution in [3.05, 3.63) is 109 Å². The molecule has 9 heteroatoms. The van der Waals surface area contributed by atoms with Crippen molar-refractivity contribution >= 4 is 34.9 Å². The molecule has 0 radical (unpaired) electrons. The van der Waals surface area contributed by atoms with Gasteiger partial charge in [0.05, 0.1) is 29.0 Å². The second-order valence-electron chi connectivity index (χ2n) is 10.3. The number of benzene rings is 2. The average molecular weight is 569 g/mol. The highest BCUT2D eigenvalue weighted by molar-refractivity contribution is 7.07. The molecule has 2 aromatic heterocycles. The third kappa shape index (κ3) is 5.50. The minimum atomic E-state index is -0.660. The van der Waals surface area contributed by atoms with Crippen molar-refractivity contribution < 1.29 is 13.9 Å². The van der Waals surface area contributed by atoms with E-state index in [1.54, 1.807) is 17.8 Å². The number of para-hydroxylation sites is 1. The Balaban J connectivity index is 1.42. The van der Waals surface area contributed by atoms with E-state index in [1.807, 2.05) is 73.7 Å². The number of nitrogens with zero attached hydrogens (tertiary/aromatic N) is 3. The summed E-state index contributed by atoms with van der Waals surface area (Å²) in [5.41, 5.74) is 2.21. The van der Waals surface area contributed by atoms with Gasteiger partial charge in [0.2, 0.25) is 0 Å². The number of hydrogen-bond acceptors (Lipinski definition) is 7. The molecule has 0 aliphatic carbocycles. The molecule has 1 amide bonds. The molecule has 6 rings (SSSR count). The molecule has 2 aliphatic heterocycles. The quantitative estimate of drug-likeness (QED) is 0.359. The summed E-state index contributed by atoms with van der Waals surface area (Å²) in [6.07, 6.45) is 6.56. The van der Waals surface area contributed by atoms with Gasteiger partial charge < -0.3 is 19.4 Å². The molecule has 1 fully saturated rings. The van der Waals surface area contributed by atoms with Crippen LogP contribution in [0.4, 0.5) is 11.6 Å². The van der Waals surface area contributed by atoms with E-state index in [1.165, 1.54) is 24.2 Å². The number of carbonyl (C=O) groups excluding carboxylic acids is 1. The van der Waals surface area contributed by atoms with Crippen LogP contribution in [0.2, 0.25) is 0 Å². The number of allylic oxidation sites excluding steroid dienone is 1. The number of amides is 1. The summed E-state index contributed by atoms with van der Waals surface area (Å²) < 4.78 is 13.6. The number of fused-ring (bicyclic) bond motifs is 1. The van der Waals surface area contributed by atoms with Crippen LogP contribution in [0.3, 0.4) is 0 Å². The number of hydrogen-bond donors (Lipinski definition) is 1. The fourth-order valence-corrected chi connectivity index (χ4v) is 6.47. The van der Waals surface area contributed by atoms with E-state index in [4.69, 9.17) is 14.1 Å². The lowest BCUT2D eigenvalue weighted by atomic mass is 9.95. The van der Waals surface area contributed by atoms with Crippen LogP contribution < -0.4 is 29.8 Å². The molecule has 2 aliphatic rings. The van der Waals surface area contributed by atoms with Crippen molar-refractivity contribution in [1.29, 1.82) is 0 Å². The van der Waals surface area contributed by atoms with E-state index in [0.29, 0.717) is 37.8 Å². The monoisotopic (exact) mass is 568 g/mol. The van der Waals surface area contributed by atoms with Crippen LogP contribution in [0.1, 0.15) is 50.0 Å². The molecule has 1 saturated heterocycles. The summed E-state index contributed by atoms with van der Waals surface area (Å²) in [6.45, 7) is 3.77. The van der Waals surface area contributed by atoms with Gasteiger partial charge in [-0.15, -0.1) is 0 Å². The van der Waals surface area contributed by atoms with Crippen molar-refractivity contribution in [1.82, 2.24) is 4.57 Å². The lowest BCUT2D eigenvalue weighted by molar-refractivity contribution is -0.113. The highest BCUT2D eigenvalue weighted by Crippen LogP contribution is 2.32. The van der Waals surface area contributed by atoms with Gasteiger partial charge in [-0.25, -0.2) is 4.99 Å². The van der Waals surface area contributed by atoms with Gasteiger partial charge in [-0.1, -0.05) is 54.5 Å². The lowest BCUT2D eigenvalue weighted by Crippen LogP contribution is -2.40. The molecule has 0 bridgehead atoms. The standard InChI is InChI=1S/C32H32N4O4S/c1-21-28(30(37)34-23-10-6-5-7-11-23)29(22-12-14-24(39-2)15-13-22)36-31(38)26(41-32(36)33-21)20-25-16-17-27(40-25)35-18-8-3-4-9-19-35/h5-7,10-17,20,29H,3-4,8-9,18-19H2,1-2H3,(H,34,37)/b26-20-/t29-/m1/s1. The molecule has 2 aromatic carbocycles. The van der Waals surface area contributed by atoms with Crippen LogP contribution in [-0.2, 0) is 4.79 Å². The maximum atomic E-state index is 14.0. The molecule has 0 unspecified atom stereocenters. The van der Waals surface area contributed by atoms with E-state index in [-0.39, 0.29) is 11.5 Å². The van der Waals surface area contributed by atoms with Gasteiger partial charge in [0.25, 0.3) is 11.5 Å². The van der Waals surface area contributed by atoms with Gasteiger partial charge in [0.1, 0.15) is 11.5 Å². The molecule has 41 heavy (non-hydrogen) atoms. The number of furan rings is 1. The first kappa shape index (κ1) is 26.8. The maximum Gasteiger partial charge on any atom is 0.271 e. The van der Waals surface area contributed by atoms with Gasteiger partial charge in [-0.05, 0) is 55.7 Å². The van der Waals surface area contributed by atoms with Crippen LogP contribution in [0.5, 0.6) is 5.75 Å². The largest absolute Gasteiger partial charge is 0.497 e. The number of thiazole rings is 1. The number of methoxy groups -OCH3 is 1. The van der Waals surface area contributed by atoms with Gasteiger partial charge in [-0.2, -0.15) is 0 Å². The van der Waals surface area contributed by atoms with Gasteiger partial charge in [-0.3, -0.25) is 14.2 Å². The molecule has 1 atom stereocenters. The normalized spacial score (nSPS) is 17.6. The second-order valence-corrected chi connectivity index (χ2v) is 11.3. The average Bonchev–Trinajstić information content (AvgIpc) is 3.45. The Morgan fingerprint density at radius 1 is 1.02 bits per heavy atom. The fourth-order valence-electron chi connectivity index (χ4n) is 5.44. The molecular weight excluding hydrogens is 536 g/mol. The smallest absolute Gasteiger partial charge is 0.271 e. The third-order valence-electron chi connectivity index (χ3n) is 7.53. The summed E-state index contributed by atoms with van der Waals surface area (Å²) in [4.78, 5) is 35.2. The first-order chi connectivity index (χ1) is 20.0. The molecule has 210 valence electrons. The van der Waals surface area contributed by atoms with Crippen LogP contribution in [0.25, 0.3) is 6.08 Å². The summed E-state index contributed by atoms with van der Waals surface area (Å²) >= 11 is 1.30. The van der Waals surface area contributed by atoms with Crippen molar-refractivity contribution in [3.63, 3.8) is 0 Å². The van der Waals surface area contributed by atoms with E-state index in [2.05, 4.69) is 10.2 Å². The topological polar surface area (TPSA) is 89.1 Å². The molecule has 1 N–H and O–H groups in total. The number of carbonyl (C=O) groups is 1. The number of aromatic nitrogens is 1. The Hall–Kier alpha value is -4.37. The Morgan fingerprint density at radius 2 is 1.76 bits per heavy atom. The van der Waals surface area contributed by atoms with Gasteiger partial charge >= 0.3 is 0 Å². The first-order valence-electron chi connectivity index (χ1n) is 13.9. The zero-order valence-electron chi connectivity index (χ0n) is 23.1. The van der Waals surface area contributed by atoms with Crippen molar-refractivity contribution in [3.8, 4) is 5.75 Å². The summed E-state index contributed by atoms with van der Waals surface area (Å²) in [5.74, 6) is 1.84. The predicted molar refractivity (Wildman–Crippen MR) is 161 cm³/mol. The number of rotatable bonds is 6. The van der Waals surface area contributed by atoms with Crippen LogP contribution in [0, 0.1) is 0 Å². The molecule has 0 spiro atoms. The van der Waals surface area contributed by atoms with Crippen LogP contribution in [0.15, 0.2) is 92.2 Å². The van der Waals surface area contributed by atoms with E-state index >= 15 is 0 Å². The van der Waals surface area contributed by atoms with E-state index in [9.17, 15) is 9.59 Å². The van der Waals surface area contributed by atoms with Crippen molar-refractivity contribution in [2.45, 2.75) is 38.6 Å². The minimum absolute atomic E-state index is 0.222. The zero-order chi connectivity index (χ0) is 28.3. The van der Waals surface area contributed by atoms with Gasteiger partial charge in [0.15, 0.2) is 10.7 Å². The molecular formula is C32H32N4O4S. The molecule has 4 aromatic rings. The number of anilines is 2. The van der Waals surface area contributed by atoms with Crippen molar-refractivity contribution in [2.24, 2.45) is 4.99 Å². The number of nitrogens with one attached hydrogen (secondary N) is 1. The Labute approximate surface area is 241 Å². The van der Waals surface area contributed by atoms with Gasteiger partial charge in [0, 0.05) is 30.9 Å². The molecule has 0 saturated carbocycles. The lowest BCUT2D eigenvalue weighted by Gasteiger charge is -2.25. The Kier molecular flexibility index (Phi) is 7.61. The van der Waals surface area contributed by atoms with Crippen molar-refractivity contribution in [2.75, 3.05) is 30.4 Å². The Bertz CT molecular complexity index is 1760. The summed E-state index contributed by atoms with van der Waals surface area (Å²) in [7, 11) is 1.60. The fraction of sp³-hybridized carbons (Fsp3) is 0.281. The highest BCUT2D eigenvalue weighted by atomic mass is 32.1. The Morgan fingerprint density at radius 3 is 2.46 bits per heavy atom. The first-order valence-corrected chi connectivity index (χ1v) is 14.7. The molecule has 4 heterocycles. The van der Waals surface area contributed by atoms with Crippen LogP contribution in [-0.4, -0.2) is 30.7 Å². The summed E-state index contributed by atoms with van der Waals surface area (Å²) in [5, 5.41) is 2.98.